The Kier molecular flexibility index (Phi) is 12.9. The van der Waals surface area contributed by atoms with Gasteiger partial charge in [-0.3, -0.25) is 9.80 Å². The van der Waals surface area contributed by atoms with E-state index in [1.807, 2.05) is 57.6 Å². The number of imidazole rings is 2. The highest BCUT2D eigenvalue weighted by Crippen LogP contribution is 2.40. The Hall–Kier alpha value is -7.64. The Labute approximate surface area is 442 Å². The fourth-order valence-corrected chi connectivity index (χ4v) is 12.4. The molecule has 0 radical (unpaired) electrons. The molecule has 4 fully saturated rings. The third kappa shape index (κ3) is 9.32. The maximum atomic E-state index is 6.40. The van der Waals surface area contributed by atoms with Gasteiger partial charge in [0.05, 0.1) is 34.2 Å². The fourth-order valence-electron chi connectivity index (χ4n) is 12.4. The van der Waals surface area contributed by atoms with Gasteiger partial charge in [-0.2, -0.15) is 10.2 Å². The second-order valence-electron chi connectivity index (χ2n) is 21.4. The molecule has 0 spiro atoms. The average molecular weight is 1020 g/mol. The predicted octanol–water partition coefficient (Wildman–Crippen LogP) is 8.24. The monoisotopic (exact) mass is 1010 g/mol. The van der Waals surface area contributed by atoms with Crippen molar-refractivity contribution in [3.63, 3.8) is 0 Å². The van der Waals surface area contributed by atoms with Gasteiger partial charge in [0.25, 0.3) is 0 Å². The molecule has 0 amide bonds. The molecule has 0 bridgehead atoms. The summed E-state index contributed by atoms with van der Waals surface area (Å²) in [6.07, 6.45) is 20.4. The minimum atomic E-state index is 0.321. The lowest BCUT2D eigenvalue weighted by atomic mass is 9.90. The molecule has 0 atom stereocenters. The van der Waals surface area contributed by atoms with Crippen molar-refractivity contribution in [3.8, 4) is 45.0 Å². The van der Waals surface area contributed by atoms with Crippen LogP contribution in [0.15, 0.2) is 122 Å². The maximum Gasteiger partial charge on any atom is 0.164 e. The lowest BCUT2D eigenvalue weighted by molar-refractivity contribution is 0.0815. The van der Waals surface area contributed by atoms with Crippen LogP contribution in [0.2, 0.25) is 0 Å². The largest absolute Gasteiger partial charge is 0.383 e. The third-order valence-corrected chi connectivity index (χ3v) is 16.8. The number of pyridine rings is 2. The summed E-state index contributed by atoms with van der Waals surface area (Å²) in [7, 11) is 4.43. The van der Waals surface area contributed by atoms with E-state index in [4.69, 9.17) is 31.6 Å². The van der Waals surface area contributed by atoms with Gasteiger partial charge in [-0.05, 0) is 89.7 Å². The first kappa shape index (κ1) is 48.0. The van der Waals surface area contributed by atoms with E-state index >= 15 is 0 Å². The fraction of sp³-hybridized carbons (Fsp3) is 0.379. The lowest BCUT2D eigenvalue weighted by Crippen LogP contribution is -2.49. The Balaban J connectivity index is 0.000000146. The number of benzene rings is 2. The Morgan fingerprint density at radius 2 is 0.789 bits per heavy atom. The number of hydrogen-bond acceptors (Lipinski definition) is 14. The number of nitrogens with zero attached hydrogens (tertiary/aromatic N) is 16. The molecule has 2 saturated carbocycles. The van der Waals surface area contributed by atoms with Gasteiger partial charge in [-0.15, -0.1) is 0 Å². The zero-order chi connectivity index (χ0) is 51.3. The van der Waals surface area contributed by atoms with Gasteiger partial charge >= 0.3 is 0 Å². The van der Waals surface area contributed by atoms with Crippen LogP contribution >= 0.6 is 0 Å². The standard InChI is InChI=1S/2C29H33N9/c2*1-35-14-16-36(17-15-35)22-9-11-23(12-10-22)38-29-26(28(30)31-19-32-29)27(34-38)21-7-5-20(6-8-21)24-18-37-13-3-2-4-25(37)33-24/h2*2-8,13,18-19,22-23H,9-12,14-17H2,1H3,(H2,30,31,32). The normalized spacial score (nSPS) is 21.4. The Morgan fingerprint density at radius 1 is 0.421 bits per heavy atom. The molecule has 2 saturated heterocycles. The molecular formula is C58H66N18. The lowest BCUT2D eigenvalue weighted by Gasteiger charge is -2.41. The summed E-state index contributed by atoms with van der Waals surface area (Å²) in [6, 6.07) is 30.8. The Bertz CT molecular complexity index is 3310. The average Bonchev–Trinajstić information content (AvgIpc) is 4.30. The van der Waals surface area contributed by atoms with Crippen molar-refractivity contribution < 1.29 is 0 Å². The first-order valence-electron chi connectivity index (χ1n) is 27.2. The number of anilines is 2. The number of hydrogen-bond donors (Lipinski definition) is 2. The molecule has 4 N–H and O–H groups in total. The summed E-state index contributed by atoms with van der Waals surface area (Å²) in [5, 5.41) is 11.9. The van der Waals surface area contributed by atoms with E-state index in [0.29, 0.717) is 35.8 Å². The van der Waals surface area contributed by atoms with E-state index in [9.17, 15) is 0 Å². The van der Waals surface area contributed by atoms with Crippen LogP contribution in [0.5, 0.6) is 0 Å². The molecule has 2 aliphatic carbocycles. The first-order valence-corrected chi connectivity index (χ1v) is 27.2. The molecule has 10 heterocycles. The molecule has 4 aliphatic rings. The highest BCUT2D eigenvalue weighted by atomic mass is 15.3. The minimum Gasteiger partial charge on any atom is -0.383 e. The minimum absolute atomic E-state index is 0.321. The van der Waals surface area contributed by atoms with Crippen LogP contribution in [0.25, 0.3) is 78.4 Å². The van der Waals surface area contributed by atoms with E-state index in [1.54, 1.807) is 12.7 Å². The zero-order valence-corrected chi connectivity index (χ0v) is 43.5. The van der Waals surface area contributed by atoms with Crippen LogP contribution < -0.4 is 11.5 Å². The Morgan fingerprint density at radius 3 is 1.17 bits per heavy atom. The van der Waals surface area contributed by atoms with Crippen LogP contribution in [-0.2, 0) is 0 Å². The molecular weight excluding hydrogens is 949 g/mol. The van der Waals surface area contributed by atoms with E-state index in [0.717, 1.165) is 104 Å². The molecule has 14 rings (SSSR count). The molecule has 2 aromatic carbocycles. The van der Waals surface area contributed by atoms with Crippen LogP contribution in [-0.4, -0.2) is 156 Å². The number of fused-ring (bicyclic) bond motifs is 4. The summed E-state index contributed by atoms with van der Waals surface area (Å²) < 4.78 is 8.32. The first-order chi connectivity index (χ1) is 37.3. The maximum absolute atomic E-state index is 6.40. The summed E-state index contributed by atoms with van der Waals surface area (Å²) in [5.74, 6) is 0.957. The van der Waals surface area contributed by atoms with Crippen molar-refractivity contribution in [1.82, 2.24) is 77.9 Å². The number of rotatable bonds is 8. The van der Waals surface area contributed by atoms with Gasteiger partial charge in [0, 0.05) is 111 Å². The summed E-state index contributed by atoms with van der Waals surface area (Å²) >= 11 is 0. The molecule has 18 heteroatoms. The number of likely N-dealkylation sites (N-methyl/N-ethyl adjacent to an activating group) is 2. The van der Waals surface area contributed by atoms with Gasteiger partial charge in [-0.1, -0.05) is 60.7 Å². The van der Waals surface area contributed by atoms with Gasteiger partial charge in [0.15, 0.2) is 11.3 Å². The SMILES string of the molecule is CN1CCN(C2CCC(n3nc(-c4ccc(-c5cn6ccccc6n5)cc4)c4c(N)ncnc43)CC2)CC1.CN1CCN(C2CCC(n3nc(-c4ccc(-c5cn6ccccc6n5)cc4)c4c(N)ncnc43)CC2)CC1. The second kappa shape index (κ2) is 20.5. The van der Waals surface area contributed by atoms with Gasteiger partial charge in [0.1, 0.15) is 47.0 Å². The van der Waals surface area contributed by atoms with Crippen molar-refractivity contribution in [2.45, 2.75) is 75.5 Å². The molecule has 76 heavy (non-hydrogen) atoms. The molecule has 10 aromatic rings. The summed E-state index contributed by atoms with van der Waals surface area (Å²) in [4.78, 5) is 37.7. The van der Waals surface area contributed by atoms with Crippen molar-refractivity contribution in [2.24, 2.45) is 0 Å². The molecule has 0 unspecified atom stereocenters. The number of piperazine rings is 2. The zero-order valence-electron chi connectivity index (χ0n) is 43.5. The molecule has 388 valence electrons. The smallest absolute Gasteiger partial charge is 0.164 e. The number of nitrogen functional groups attached to an aromatic ring is 2. The quantitative estimate of drug-likeness (QED) is 0.148. The van der Waals surface area contributed by atoms with Gasteiger partial charge < -0.3 is 30.1 Å². The highest BCUT2D eigenvalue weighted by Gasteiger charge is 2.33. The third-order valence-electron chi connectivity index (χ3n) is 16.8. The van der Waals surface area contributed by atoms with Crippen molar-refractivity contribution >= 4 is 45.0 Å². The van der Waals surface area contributed by atoms with Gasteiger partial charge in [-0.25, -0.2) is 39.3 Å². The van der Waals surface area contributed by atoms with Crippen LogP contribution in [0.1, 0.15) is 63.5 Å². The van der Waals surface area contributed by atoms with E-state index in [2.05, 4.69) is 124 Å². The number of nitrogens with two attached hydrogens (primary N) is 2. The van der Waals surface area contributed by atoms with E-state index < -0.39 is 0 Å². The second-order valence-corrected chi connectivity index (χ2v) is 21.4. The highest BCUT2D eigenvalue weighted by molar-refractivity contribution is 5.99. The van der Waals surface area contributed by atoms with Crippen molar-refractivity contribution in [3.05, 3.63) is 122 Å². The molecule has 2 aliphatic heterocycles. The van der Waals surface area contributed by atoms with E-state index in [1.165, 1.54) is 78.0 Å². The van der Waals surface area contributed by atoms with Crippen LogP contribution in [0.3, 0.4) is 0 Å². The molecule has 8 aromatic heterocycles. The van der Waals surface area contributed by atoms with Crippen LogP contribution in [0.4, 0.5) is 11.6 Å². The van der Waals surface area contributed by atoms with Crippen LogP contribution in [0, 0.1) is 0 Å². The summed E-state index contributed by atoms with van der Waals surface area (Å²) in [5.41, 5.74) is 24.1. The number of aromatic nitrogens is 12. The van der Waals surface area contributed by atoms with E-state index in [-0.39, 0.29) is 0 Å². The predicted molar refractivity (Wildman–Crippen MR) is 299 cm³/mol. The summed E-state index contributed by atoms with van der Waals surface area (Å²) in [6.45, 7) is 9.37. The van der Waals surface area contributed by atoms with Crippen molar-refractivity contribution in [1.29, 1.82) is 0 Å². The van der Waals surface area contributed by atoms with Gasteiger partial charge in [0.2, 0.25) is 0 Å². The van der Waals surface area contributed by atoms with Crippen molar-refractivity contribution in [2.75, 3.05) is 77.9 Å². The topological polar surface area (TPSA) is 187 Å². The molecule has 18 nitrogen and oxygen atoms in total.